The zero-order valence-corrected chi connectivity index (χ0v) is 23.8. The van der Waals surface area contributed by atoms with E-state index >= 15 is 0 Å². The summed E-state index contributed by atoms with van der Waals surface area (Å²) in [7, 11) is 0. The van der Waals surface area contributed by atoms with E-state index in [2.05, 4.69) is 12.2 Å². The first-order valence-corrected chi connectivity index (χ1v) is 14.5. The van der Waals surface area contributed by atoms with Gasteiger partial charge in [0.15, 0.2) is 0 Å². The third-order valence-electron chi connectivity index (χ3n) is 8.41. The summed E-state index contributed by atoms with van der Waals surface area (Å²) in [6.45, 7) is 3.66. The fraction of sp³-hybridized carbons (Fsp3) is 0.355. The topological polar surface area (TPSA) is 156 Å². The van der Waals surface area contributed by atoms with Crippen molar-refractivity contribution < 1.29 is 24.3 Å². The van der Waals surface area contributed by atoms with E-state index in [1.807, 2.05) is 37.3 Å². The number of carbonyl (C=O) groups excluding carboxylic acids is 3. The molecule has 0 bridgehead atoms. The minimum absolute atomic E-state index is 0.0333. The van der Waals surface area contributed by atoms with Crippen LogP contribution in [0.5, 0.6) is 0 Å². The van der Waals surface area contributed by atoms with Crippen molar-refractivity contribution >= 4 is 41.1 Å². The Hall–Kier alpha value is -3.89. The van der Waals surface area contributed by atoms with Crippen molar-refractivity contribution in [2.75, 3.05) is 11.4 Å². The highest BCUT2D eigenvalue weighted by Gasteiger charge is 2.60. The lowest BCUT2D eigenvalue weighted by Crippen LogP contribution is -2.46. The van der Waals surface area contributed by atoms with Crippen LogP contribution >= 0.6 is 11.8 Å². The molecule has 3 aliphatic rings. The Morgan fingerprint density at radius 3 is 2.61 bits per heavy atom. The Morgan fingerprint density at radius 2 is 1.90 bits per heavy atom. The van der Waals surface area contributed by atoms with E-state index in [1.54, 1.807) is 36.4 Å². The van der Waals surface area contributed by atoms with Crippen molar-refractivity contribution in [1.82, 2.24) is 5.32 Å². The summed E-state index contributed by atoms with van der Waals surface area (Å²) in [5, 5.41) is 12.3. The number of rotatable bonds is 7. The van der Waals surface area contributed by atoms with Gasteiger partial charge in [0.1, 0.15) is 6.54 Å². The van der Waals surface area contributed by atoms with Crippen LogP contribution in [0.15, 0.2) is 72.5 Å². The molecule has 2 aromatic carbocycles. The van der Waals surface area contributed by atoms with E-state index in [4.69, 9.17) is 11.5 Å². The van der Waals surface area contributed by atoms with Gasteiger partial charge in [-0.15, -0.1) is 11.8 Å². The van der Waals surface area contributed by atoms with Crippen molar-refractivity contribution in [3.8, 4) is 0 Å². The number of primary amides is 1. The lowest BCUT2D eigenvalue weighted by molar-refractivity contribution is -0.135. The van der Waals surface area contributed by atoms with E-state index in [1.165, 1.54) is 16.7 Å². The van der Waals surface area contributed by atoms with E-state index < -0.39 is 34.3 Å². The predicted molar refractivity (Wildman–Crippen MR) is 158 cm³/mol. The normalized spacial score (nSPS) is 28.5. The molecule has 0 aromatic heterocycles. The quantitative estimate of drug-likeness (QED) is 0.396. The van der Waals surface area contributed by atoms with Crippen molar-refractivity contribution in [2.45, 2.75) is 36.8 Å². The molecule has 2 heterocycles. The molecule has 2 aliphatic heterocycles. The number of carboxylic acid groups (broad SMARTS) is 1. The van der Waals surface area contributed by atoms with Crippen molar-refractivity contribution in [1.29, 1.82) is 0 Å². The Morgan fingerprint density at radius 1 is 1.15 bits per heavy atom. The largest absolute Gasteiger partial charge is 0.480 e. The third kappa shape index (κ3) is 5.17. The second-order valence-electron chi connectivity index (χ2n) is 11.1. The number of anilines is 1. The molecular weight excluding hydrogens is 540 g/mol. The standard InChI is InChI=1S/C31H34N4O5S/c1-17-12-18(2)29(39)34-23-10-5-11-31(26(23)25(17)27(41-31)28(33)38)21-8-4-9-22(14-21)35(16-24(36)37)30(40)20-7-3-6-19(13-20)15-32/h3-11,13-14,17-18,25-27H,12,15-16,32H2,1-2H3,(H2,33,38)(H,34,39)(H,36,37). The van der Waals surface area contributed by atoms with Crippen LogP contribution in [-0.2, 0) is 25.7 Å². The highest BCUT2D eigenvalue weighted by Crippen LogP contribution is 2.63. The number of amides is 3. The average Bonchev–Trinajstić information content (AvgIpc) is 3.33. The van der Waals surface area contributed by atoms with Gasteiger partial charge in [0, 0.05) is 35.3 Å². The van der Waals surface area contributed by atoms with E-state index in [-0.39, 0.29) is 36.1 Å². The number of aliphatic carboxylic acids is 1. The highest BCUT2D eigenvalue weighted by atomic mass is 32.2. The number of hydrogen-bond acceptors (Lipinski definition) is 6. The second kappa shape index (κ2) is 11.2. The molecule has 0 radical (unpaired) electrons. The number of nitrogens with one attached hydrogen (secondary N) is 1. The Balaban J connectivity index is 1.61. The summed E-state index contributed by atoms with van der Waals surface area (Å²) in [4.78, 5) is 52.6. The lowest BCUT2D eigenvalue weighted by Gasteiger charge is -2.42. The van der Waals surface area contributed by atoms with Crippen LogP contribution in [0.3, 0.4) is 0 Å². The Bertz CT molecular complexity index is 1470. The summed E-state index contributed by atoms with van der Waals surface area (Å²) in [6, 6.07) is 14.0. The first-order valence-electron chi connectivity index (χ1n) is 13.7. The van der Waals surface area contributed by atoms with E-state index in [0.717, 1.165) is 16.8 Å². The predicted octanol–water partition coefficient (Wildman–Crippen LogP) is 3.15. The summed E-state index contributed by atoms with van der Waals surface area (Å²) in [5.74, 6) is -2.69. The first kappa shape index (κ1) is 28.6. The SMILES string of the molecule is CC1CC(C)C2C(C(N)=O)SC3(c4cccc(N(CC(=O)O)C(=O)c5cccc(CN)c5)c4)C=CC=C(NC1=O)C23. The smallest absolute Gasteiger partial charge is 0.323 e. The Kier molecular flexibility index (Phi) is 7.80. The van der Waals surface area contributed by atoms with Crippen LogP contribution in [0, 0.1) is 23.7 Å². The Labute approximate surface area is 243 Å². The number of hydrogen-bond donors (Lipinski definition) is 4. The van der Waals surface area contributed by atoms with Crippen LogP contribution < -0.4 is 21.7 Å². The van der Waals surface area contributed by atoms with Gasteiger partial charge in [-0.05, 0) is 59.7 Å². The van der Waals surface area contributed by atoms with Gasteiger partial charge in [-0.25, -0.2) is 0 Å². The van der Waals surface area contributed by atoms with Gasteiger partial charge >= 0.3 is 5.97 Å². The number of nitrogens with two attached hydrogens (primary N) is 2. The number of carboxylic acids is 1. The van der Waals surface area contributed by atoms with E-state index in [9.17, 15) is 24.3 Å². The molecule has 6 atom stereocenters. The minimum atomic E-state index is -1.16. The minimum Gasteiger partial charge on any atom is -0.480 e. The molecule has 6 unspecified atom stereocenters. The fourth-order valence-corrected chi connectivity index (χ4v) is 8.52. The maximum Gasteiger partial charge on any atom is 0.323 e. The molecule has 41 heavy (non-hydrogen) atoms. The summed E-state index contributed by atoms with van der Waals surface area (Å²) in [6.07, 6.45) is 6.41. The van der Waals surface area contributed by atoms with Crippen LogP contribution in [-0.4, -0.2) is 40.6 Å². The van der Waals surface area contributed by atoms with Crippen LogP contribution in [0.2, 0.25) is 0 Å². The summed E-state index contributed by atoms with van der Waals surface area (Å²) < 4.78 is -0.774. The van der Waals surface area contributed by atoms with Gasteiger partial charge in [-0.3, -0.25) is 24.1 Å². The fourth-order valence-electron chi connectivity index (χ4n) is 6.55. The average molecular weight is 575 g/mol. The van der Waals surface area contributed by atoms with E-state index in [0.29, 0.717) is 17.7 Å². The van der Waals surface area contributed by atoms with Gasteiger partial charge < -0.3 is 21.9 Å². The zero-order valence-electron chi connectivity index (χ0n) is 22.9. The van der Waals surface area contributed by atoms with Gasteiger partial charge in [0.25, 0.3) is 5.91 Å². The first-order chi connectivity index (χ1) is 19.6. The molecular formula is C31H34N4O5S. The molecule has 2 saturated heterocycles. The molecule has 0 saturated carbocycles. The van der Waals surface area contributed by atoms with Crippen LogP contribution in [0.4, 0.5) is 5.69 Å². The maximum absolute atomic E-state index is 13.6. The zero-order chi connectivity index (χ0) is 29.5. The second-order valence-corrected chi connectivity index (χ2v) is 12.5. The molecule has 6 N–H and O–H groups in total. The third-order valence-corrected chi connectivity index (χ3v) is 10.2. The number of benzene rings is 2. The number of allylic oxidation sites excluding steroid dienone is 3. The van der Waals surface area contributed by atoms with Gasteiger partial charge in [-0.2, -0.15) is 0 Å². The van der Waals surface area contributed by atoms with Crippen molar-refractivity contribution in [3.63, 3.8) is 0 Å². The van der Waals surface area contributed by atoms with Gasteiger partial charge in [0.05, 0.1) is 10.00 Å². The molecule has 2 fully saturated rings. The molecule has 1 aliphatic carbocycles. The lowest BCUT2D eigenvalue weighted by atomic mass is 9.66. The summed E-state index contributed by atoms with van der Waals surface area (Å²) >= 11 is 1.46. The van der Waals surface area contributed by atoms with Crippen LogP contribution in [0.1, 0.15) is 41.8 Å². The van der Waals surface area contributed by atoms with Gasteiger partial charge in [-0.1, -0.05) is 50.3 Å². The number of carbonyl (C=O) groups is 4. The van der Waals surface area contributed by atoms with Crippen molar-refractivity contribution in [2.24, 2.45) is 35.1 Å². The summed E-state index contributed by atoms with van der Waals surface area (Å²) in [5.41, 5.74) is 14.8. The highest BCUT2D eigenvalue weighted by molar-refractivity contribution is 8.02. The molecule has 2 aromatic rings. The maximum atomic E-state index is 13.6. The molecule has 3 amide bonds. The molecule has 0 spiro atoms. The molecule has 10 heteroatoms. The number of thioether (sulfide) groups is 1. The molecule has 9 nitrogen and oxygen atoms in total. The van der Waals surface area contributed by atoms with Crippen LogP contribution in [0.25, 0.3) is 0 Å². The van der Waals surface area contributed by atoms with Crippen molar-refractivity contribution in [3.05, 3.63) is 89.1 Å². The molecule has 214 valence electrons. The monoisotopic (exact) mass is 574 g/mol. The number of nitrogens with zero attached hydrogens (tertiary/aromatic N) is 1. The molecule has 5 rings (SSSR count). The van der Waals surface area contributed by atoms with Gasteiger partial charge in [0.2, 0.25) is 11.8 Å².